The van der Waals surface area contributed by atoms with Gasteiger partial charge in [-0.05, 0) is 24.5 Å². The molecule has 1 amide bonds. The molecule has 0 fully saturated rings. The van der Waals surface area contributed by atoms with Crippen molar-refractivity contribution in [2.24, 2.45) is 4.99 Å². The Morgan fingerprint density at radius 3 is 2.68 bits per heavy atom. The lowest BCUT2D eigenvalue weighted by Gasteiger charge is -2.16. The lowest BCUT2D eigenvalue weighted by atomic mass is 10.2. The number of pyridine rings is 1. The van der Waals surface area contributed by atoms with Crippen molar-refractivity contribution in [1.29, 1.82) is 0 Å². The minimum atomic E-state index is -0.944. The van der Waals surface area contributed by atoms with Crippen molar-refractivity contribution in [2.75, 3.05) is 0 Å². The maximum Gasteiger partial charge on any atom is 0.272 e. The number of ether oxygens (including phenoxy) is 1. The number of H-pyrrole nitrogens is 1. The summed E-state index contributed by atoms with van der Waals surface area (Å²) in [5.74, 6) is -3.55. The molecule has 3 aromatic rings. The fourth-order valence-electron chi connectivity index (χ4n) is 2.94. The summed E-state index contributed by atoms with van der Waals surface area (Å²) >= 11 is 0. The van der Waals surface area contributed by atoms with Gasteiger partial charge < -0.3 is 20.1 Å². The van der Waals surface area contributed by atoms with E-state index in [0.29, 0.717) is 6.07 Å². The van der Waals surface area contributed by atoms with E-state index in [-0.39, 0.29) is 35.2 Å². The lowest BCUT2D eigenvalue weighted by Crippen LogP contribution is -2.34. The summed E-state index contributed by atoms with van der Waals surface area (Å²) in [6.45, 7) is 4.86. The van der Waals surface area contributed by atoms with Crippen molar-refractivity contribution in [1.82, 2.24) is 10.3 Å². The van der Waals surface area contributed by atoms with Crippen LogP contribution in [0.3, 0.4) is 0 Å². The number of carbonyl (C=O) groups excluding carboxylic acids is 1. The molecule has 3 rings (SSSR count). The Labute approximate surface area is 194 Å². The first-order chi connectivity index (χ1) is 16.3. The minimum Gasteiger partial charge on any atom is -0.858 e. The molecule has 1 atom stereocenters. The van der Waals surface area contributed by atoms with E-state index < -0.39 is 35.4 Å². The normalized spacial score (nSPS) is 12.1. The van der Waals surface area contributed by atoms with Crippen LogP contribution < -0.4 is 20.6 Å². The first-order valence-corrected chi connectivity index (χ1v) is 10.3. The van der Waals surface area contributed by atoms with Crippen molar-refractivity contribution in [3.8, 4) is 5.75 Å². The molecule has 2 N–H and O–H groups in total. The number of benzene rings is 2. The van der Waals surface area contributed by atoms with Crippen LogP contribution in [0.15, 0.2) is 77.2 Å². The molecule has 0 saturated heterocycles. The molecule has 0 spiro atoms. The molecule has 2 aromatic carbocycles. The fraction of sp³-hybridized carbons (Fsp3) is 0.160. The predicted molar refractivity (Wildman–Crippen MR) is 122 cm³/mol. The standard InChI is InChI=1S/C25H23F2N3O4/c1-3-15(2)30-25(33)21-23(34-14-16-7-5-4-6-8-16)22(31)19(13-28-21)24(32)29-12-17-9-10-18(26)11-20(17)27/h3-11,13,15H,1,12,14H2,2H3,(H,28,31)(H,29,32)(H,30,33)/p-1/t15-/m0/s1. The van der Waals surface area contributed by atoms with Crippen LogP contribution in [0.4, 0.5) is 8.78 Å². The number of hydrogen-bond donors (Lipinski definition) is 2. The van der Waals surface area contributed by atoms with Crippen molar-refractivity contribution in [3.63, 3.8) is 0 Å². The van der Waals surface area contributed by atoms with Crippen LogP contribution in [0.2, 0.25) is 0 Å². The van der Waals surface area contributed by atoms with E-state index in [1.54, 1.807) is 31.2 Å². The van der Waals surface area contributed by atoms with Gasteiger partial charge in [0.2, 0.25) is 5.43 Å². The first-order valence-electron chi connectivity index (χ1n) is 10.3. The lowest BCUT2D eigenvalue weighted by molar-refractivity contribution is -0.213. The highest BCUT2D eigenvalue weighted by Crippen LogP contribution is 2.16. The minimum absolute atomic E-state index is 0.0128. The first kappa shape index (κ1) is 24.4. The Morgan fingerprint density at radius 2 is 2.00 bits per heavy atom. The summed E-state index contributed by atoms with van der Waals surface area (Å²) in [7, 11) is 0. The van der Waals surface area contributed by atoms with Gasteiger partial charge in [0.25, 0.3) is 5.91 Å². The molecular weight excluding hydrogens is 444 g/mol. The summed E-state index contributed by atoms with van der Waals surface area (Å²) in [5.41, 5.74) is -0.684. The molecule has 0 unspecified atom stereocenters. The van der Waals surface area contributed by atoms with Gasteiger partial charge in [0.1, 0.15) is 18.2 Å². The third kappa shape index (κ3) is 5.94. The quantitative estimate of drug-likeness (QED) is 0.287. The van der Waals surface area contributed by atoms with Gasteiger partial charge in [0, 0.05) is 23.9 Å². The molecular formula is C25H22F2N3O4-. The monoisotopic (exact) mass is 466 g/mol. The zero-order chi connectivity index (χ0) is 24.7. The molecule has 0 saturated carbocycles. The summed E-state index contributed by atoms with van der Waals surface area (Å²) in [6, 6.07) is 11.4. The van der Waals surface area contributed by atoms with Crippen LogP contribution in [0.25, 0.3) is 0 Å². The van der Waals surface area contributed by atoms with E-state index in [0.717, 1.165) is 23.9 Å². The van der Waals surface area contributed by atoms with Gasteiger partial charge in [0.05, 0.1) is 12.1 Å². The van der Waals surface area contributed by atoms with Crippen molar-refractivity contribution in [3.05, 3.63) is 112 Å². The number of aromatic nitrogens is 1. The zero-order valence-corrected chi connectivity index (χ0v) is 18.3. The van der Waals surface area contributed by atoms with E-state index in [4.69, 9.17) is 4.74 Å². The topological polar surface area (TPSA) is 107 Å². The molecule has 0 bridgehead atoms. The SMILES string of the molecule is C=C[C@H](C)NC(=O)c1[nH]cc(C([O-])=NCc2ccc(F)cc2F)c(=O)c1OCc1ccccc1. The highest BCUT2D eigenvalue weighted by atomic mass is 19.1. The Balaban J connectivity index is 1.95. The van der Waals surface area contributed by atoms with Crippen molar-refractivity contribution < 1.29 is 23.4 Å². The Morgan fingerprint density at radius 1 is 1.26 bits per heavy atom. The molecule has 9 heteroatoms. The van der Waals surface area contributed by atoms with Gasteiger partial charge in [-0.15, -0.1) is 6.58 Å². The third-order valence-electron chi connectivity index (χ3n) is 4.84. The van der Waals surface area contributed by atoms with Gasteiger partial charge in [-0.3, -0.25) is 14.6 Å². The predicted octanol–water partition coefficient (Wildman–Crippen LogP) is 2.84. The van der Waals surface area contributed by atoms with Gasteiger partial charge in [-0.2, -0.15) is 0 Å². The van der Waals surface area contributed by atoms with Crippen LogP contribution >= 0.6 is 0 Å². The summed E-state index contributed by atoms with van der Waals surface area (Å²) < 4.78 is 32.6. The highest BCUT2D eigenvalue weighted by Gasteiger charge is 2.20. The number of halogens is 2. The van der Waals surface area contributed by atoms with Crippen LogP contribution in [-0.4, -0.2) is 22.8 Å². The van der Waals surface area contributed by atoms with Crippen LogP contribution in [0.1, 0.15) is 34.1 Å². The maximum atomic E-state index is 13.8. The second-order valence-electron chi connectivity index (χ2n) is 7.36. The van der Waals surface area contributed by atoms with E-state index in [1.807, 2.05) is 6.07 Å². The number of rotatable bonds is 9. The zero-order valence-electron chi connectivity index (χ0n) is 18.3. The van der Waals surface area contributed by atoms with Gasteiger partial charge in [-0.1, -0.05) is 42.5 Å². The van der Waals surface area contributed by atoms with Crippen LogP contribution in [0, 0.1) is 11.6 Å². The van der Waals surface area contributed by atoms with Crippen molar-refractivity contribution >= 4 is 11.8 Å². The molecule has 7 nitrogen and oxygen atoms in total. The Hall–Kier alpha value is -4.27. The summed E-state index contributed by atoms with van der Waals surface area (Å²) in [5, 5.41) is 15.2. The number of amides is 1. The van der Waals surface area contributed by atoms with Gasteiger partial charge >= 0.3 is 0 Å². The average Bonchev–Trinajstić information content (AvgIpc) is 2.82. The second kappa shape index (κ2) is 11.0. The number of aliphatic imine (C=N–C) groups is 1. The van der Waals surface area contributed by atoms with Gasteiger partial charge in [-0.25, -0.2) is 8.78 Å². The van der Waals surface area contributed by atoms with E-state index in [9.17, 15) is 23.5 Å². The molecule has 0 aliphatic carbocycles. The number of hydrogen-bond acceptors (Lipinski definition) is 5. The summed E-state index contributed by atoms with van der Waals surface area (Å²) in [4.78, 5) is 32.1. The van der Waals surface area contributed by atoms with Crippen molar-refractivity contribution in [2.45, 2.75) is 26.1 Å². The number of nitrogens with zero attached hydrogens (tertiary/aromatic N) is 1. The smallest absolute Gasteiger partial charge is 0.272 e. The average molecular weight is 466 g/mol. The van der Waals surface area contributed by atoms with E-state index in [1.165, 1.54) is 6.08 Å². The Kier molecular flexibility index (Phi) is 7.92. The Bertz CT molecular complexity index is 1270. The largest absolute Gasteiger partial charge is 0.858 e. The van der Waals surface area contributed by atoms with E-state index in [2.05, 4.69) is 21.9 Å². The molecule has 0 aliphatic rings. The molecule has 0 radical (unpaired) electrons. The fourth-order valence-corrected chi connectivity index (χ4v) is 2.94. The second-order valence-corrected chi connectivity index (χ2v) is 7.36. The molecule has 34 heavy (non-hydrogen) atoms. The van der Waals surface area contributed by atoms with Gasteiger partial charge in [0.15, 0.2) is 11.4 Å². The maximum absolute atomic E-state index is 13.8. The van der Waals surface area contributed by atoms with Crippen LogP contribution in [0.5, 0.6) is 5.75 Å². The number of nitrogens with one attached hydrogen (secondary N) is 2. The molecule has 1 aromatic heterocycles. The highest BCUT2D eigenvalue weighted by molar-refractivity contribution is 5.97. The third-order valence-corrected chi connectivity index (χ3v) is 4.84. The number of aromatic amines is 1. The molecule has 1 heterocycles. The van der Waals surface area contributed by atoms with E-state index >= 15 is 0 Å². The summed E-state index contributed by atoms with van der Waals surface area (Å²) in [6.07, 6.45) is 2.56. The number of carbonyl (C=O) groups is 1. The molecule has 0 aliphatic heterocycles. The van der Waals surface area contributed by atoms with Crippen LogP contribution in [-0.2, 0) is 13.2 Å². The molecule has 176 valence electrons.